The van der Waals surface area contributed by atoms with Gasteiger partial charge in [-0.3, -0.25) is 4.79 Å². The Morgan fingerprint density at radius 2 is 1.32 bits per heavy atom. The van der Waals surface area contributed by atoms with Gasteiger partial charge in [-0.1, -0.05) is 66.7 Å². The molecule has 1 heterocycles. The van der Waals surface area contributed by atoms with Crippen molar-refractivity contribution in [2.45, 2.75) is 24.3 Å². The minimum Gasteiger partial charge on any atom is -0.308 e. The van der Waals surface area contributed by atoms with Gasteiger partial charge in [0, 0.05) is 24.7 Å². The Labute approximate surface area is 184 Å². The Morgan fingerprint density at radius 1 is 0.806 bits per heavy atom. The third-order valence-electron chi connectivity index (χ3n) is 5.70. The summed E-state index contributed by atoms with van der Waals surface area (Å²) in [5.41, 5.74) is 1.92. The largest absolute Gasteiger partial charge is 0.308 e. The molecule has 31 heavy (non-hydrogen) atoms. The molecule has 1 aliphatic rings. The minimum atomic E-state index is -3.52. The molecular weight excluding hydrogens is 408 g/mol. The van der Waals surface area contributed by atoms with E-state index < -0.39 is 10.0 Å². The van der Waals surface area contributed by atoms with E-state index in [0.29, 0.717) is 37.4 Å². The quantitative estimate of drug-likeness (QED) is 0.581. The van der Waals surface area contributed by atoms with Crippen LogP contribution in [0.5, 0.6) is 0 Å². The molecular formula is C25H26N2O3S. The molecule has 0 aliphatic carbocycles. The number of carbonyl (C=O) groups excluding carboxylic acids is 1. The smallest absolute Gasteiger partial charge is 0.243 e. The van der Waals surface area contributed by atoms with Gasteiger partial charge in [-0.2, -0.15) is 4.31 Å². The summed E-state index contributed by atoms with van der Waals surface area (Å²) in [5, 5.41) is 0. The van der Waals surface area contributed by atoms with Gasteiger partial charge in [0.2, 0.25) is 15.9 Å². The van der Waals surface area contributed by atoms with Crippen LogP contribution in [0.4, 0.5) is 5.69 Å². The van der Waals surface area contributed by atoms with Crippen LogP contribution in [0.15, 0.2) is 95.9 Å². The maximum Gasteiger partial charge on any atom is 0.243 e. The van der Waals surface area contributed by atoms with Crippen LogP contribution in [0, 0.1) is 5.92 Å². The monoisotopic (exact) mass is 434 g/mol. The van der Waals surface area contributed by atoms with Gasteiger partial charge in [0.1, 0.15) is 0 Å². The molecule has 5 nitrogen and oxygen atoms in total. The van der Waals surface area contributed by atoms with Crippen molar-refractivity contribution in [3.63, 3.8) is 0 Å². The first-order valence-electron chi connectivity index (χ1n) is 10.5. The maximum absolute atomic E-state index is 13.5. The van der Waals surface area contributed by atoms with E-state index in [-0.39, 0.29) is 11.8 Å². The Balaban J connectivity index is 1.49. The van der Waals surface area contributed by atoms with E-state index in [1.165, 1.54) is 4.31 Å². The molecule has 1 amide bonds. The van der Waals surface area contributed by atoms with Crippen LogP contribution in [0.1, 0.15) is 18.4 Å². The molecule has 0 N–H and O–H groups in total. The number of rotatable bonds is 6. The van der Waals surface area contributed by atoms with Crippen LogP contribution in [-0.4, -0.2) is 31.7 Å². The third kappa shape index (κ3) is 4.86. The molecule has 3 aromatic rings. The van der Waals surface area contributed by atoms with E-state index in [4.69, 9.17) is 0 Å². The standard InChI is InChI=1S/C25H26N2O3S/c28-25(27(23-12-6-2-7-13-23)20-21-10-4-1-5-11-21)22-16-18-26(19-17-22)31(29,30)24-14-8-3-9-15-24/h1-15,22H,16-20H2. The average Bonchev–Trinajstić information content (AvgIpc) is 2.84. The second-order valence-corrected chi connectivity index (χ2v) is 9.67. The number of hydrogen-bond donors (Lipinski definition) is 0. The SMILES string of the molecule is O=C(C1CCN(S(=O)(=O)c2ccccc2)CC1)N(Cc1ccccc1)c1ccccc1. The zero-order valence-corrected chi connectivity index (χ0v) is 18.1. The van der Waals surface area contributed by atoms with Gasteiger partial charge in [-0.05, 0) is 42.7 Å². The second-order valence-electron chi connectivity index (χ2n) is 7.74. The fourth-order valence-electron chi connectivity index (χ4n) is 3.98. The molecule has 1 fully saturated rings. The van der Waals surface area contributed by atoms with Crippen molar-refractivity contribution in [3.8, 4) is 0 Å². The van der Waals surface area contributed by atoms with E-state index in [9.17, 15) is 13.2 Å². The topological polar surface area (TPSA) is 57.7 Å². The summed E-state index contributed by atoms with van der Waals surface area (Å²) in [4.78, 5) is 15.6. The van der Waals surface area contributed by atoms with Gasteiger partial charge >= 0.3 is 0 Å². The van der Waals surface area contributed by atoms with E-state index in [2.05, 4.69) is 0 Å². The first-order valence-corrected chi connectivity index (χ1v) is 12.0. The van der Waals surface area contributed by atoms with Crippen LogP contribution >= 0.6 is 0 Å². The van der Waals surface area contributed by atoms with Gasteiger partial charge in [-0.15, -0.1) is 0 Å². The third-order valence-corrected chi connectivity index (χ3v) is 7.61. The average molecular weight is 435 g/mol. The lowest BCUT2D eigenvalue weighted by Crippen LogP contribution is -2.44. The molecule has 0 unspecified atom stereocenters. The highest BCUT2D eigenvalue weighted by Crippen LogP contribution is 2.28. The molecule has 0 spiro atoms. The van der Waals surface area contributed by atoms with E-state index >= 15 is 0 Å². The summed E-state index contributed by atoms with van der Waals surface area (Å²) in [6.45, 7) is 1.19. The number of piperidine rings is 1. The number of para-hydroxylation sites is 1. The maximum atomic E-state index is 13.5. The van der Waals surface area contributed by atoms with Crippen molar-refractivity contribution in [1.82, 2.24) is 4.31 Å². The van der Waals surface area contributed by atoms with E-state index in [1.54, 1.807) is 30.3 Å². The van der Waals surface area contributed by atoms with Gasteiger partial charge in [-0.25, -0.2) is 8.42 Å². The van der Waals surface area contributed by atoms with Crippen molar-refractivity contribution in [1.29, 1.82) is 0 Å². The number of anilines is 1. The van der Waals surface area contributed by atoms with Gasteiger partial charge < -0.3 is 4.90 Å². The van der Waals surface area contributed by atoms with Crippen LogP contribution in [-0.2, 0) is 21.4 Å². The fraction of sp³-hybridized carbons (Fsp3) is 0.240. The Kier molecular flexibility index (Phi) is 6.49. The lowest BCUT2D eigenvalue weighted by Gasteiger charge is -2.34. The summed E-state index contributed by atoms with van der Waals surface area (Å²) in [5.74, 6) is -0.155. The van der Waals surface area contributed by atoms with Crippen molar-refractivity contribution in [2.75, 3.05) is 18.0 Å². The first kappa shape index (κ1) is 21.3. The molecule has 0 aromatic heterocycles. The first-order chi connectivity index (χ1) is 15.1. The number of sulfonamides is 1. The highest BCUT2D eigenvalue weighted by atomic mass is 32.2. The van der Waals surface area contributed by atoms with Crippen LogP contribution in [0.25, 0.3) is 0 Å². The van der Waals surface area contributed by atoms with E-state index in [1.807, 2.05) is 65.6 Å². The molecule has 160 valence electrons. The molecule has 1 saturated heterocycles. The summed E-state index contributed by atoms with van der Waals surface area (Å²) in [6.07, 6.45) is 1.03. The van der Waals surface area contributed by atoms with Crippen molar-refractivity contribution >= 4 is 21.6 Å². The summed E-state index contributed by atoms with van der Waals surface area (Å²) >= 11 is 0. The predicted molar refractivity (Wildman–Crippen MR) is 122 cm³/mol. The molecule has 4 rings (SSSR count). The van der Waals surface area contributed by atoms with Crippen LogP contribution in [0.3, 0.4) is 0 Å². The normalized spacial score (nSPS) is 15.5. The molecule has 6 heteroatoms. The van der Waals surface area contributed by atoms with Gasteiger partial charge in [0.15, 0.2) is 0 Å². The van der Waals surface area contributed by atoms with Crippen molar-refractivity contribution < 1.29 is 13.2 Å². The Morgan fingerprint density at radius 3 is 1.90 bits per heavy atom. The summed E-state index contributed by atoms with van der Waals surface area (Å²) < 4.78 is 27.3. The minimum absolute atomic E-state index is 0.0480. The summed E-state index contributed by atoms with van der Waals surface area (Å²) in [7, 11) is -3.52. The fourth-order valence-corrected chi connectivity index (χ4v) is 5.47. The summed E-state index contributed by atoms with van der Waals surface area (Å²) in [6, 6.07) is 28.1. The lowest BCUT2D eigenvalue weighted by molar-refractivity contribution is -0.123. The van der Waals surface area contributed by atoms with Crippen LogP contribution in [0.2, 0.25) is 0 Å². The Hall–Kier alpha value is -2.96. The molecule has 0 bridgehead atoms. The molecule has 0 radical (unpaired) electrons. The molecule has 0 atom stereocenters. The number of benzene rings is 3. The zero-order chi connectivity index (χ0) is 21.7. The number of amides is 1. The van der Waals surface area contributed by atoms with Gasteiger partial charge in [0.25, 0.3) is 0 Å². The highest BCUT2D eigenvalue weighted by Gasteiger charge is 2.34. The lowest BCUT2D eigenvalue weighted by atomic mass is 9.96. The molecule has 0 saturated carbocycles. The van der Waals surface area contributed by atoms with Crippen molar-refractivity contribution in [2.24, 2.45) is 5.92 Å². The van der Waals surface area contributed by atoms with Crippen molar-refractivity contribution in [3.05, 3.63) is 96.6 Å². The number of hydrogen-bond acceptors (Lipinski definition) is 3. The molecule has 1 aliphatic heterocycles. The number of carbonyl (C=O) groups is 1. The highest BCUT2D eigenvalue weighted by molar-refractivity contribution is 7.89. The van der Waals surface area contributed by atoms with Crippen LogP contribution < -0.4 is 4.90 Å². The number of nitrogens with zero attached hydrogens (tertiary/aromatic N) is 2. The molecule has 3 aromatic carbocycles. The van der Waals surface area contributed by atoms with E-state index in [0.717, 1.165) is 11.3 Å². The Bertz CT molecular complexity index is 1100. The van der Waals surface area contributed by atoms with Gasteiger partial charge in [0.05, 0.1) is 11.4 Å². The predicted octanol–water partition coefficient (Wildman–Crippen LogP) is 4.32. The zero-order valence-electron chi connectivity index (χ0n) is 17.3. The second kappa shape index (κ2) is 9.45.